The van der Waals surface area contributed by atoms with Gasteiger partial charge in [0.1, 0.15) is 5.54 Å². The average Bonchev–Trinajstić information content (AvgIpc) is 3.11. The number of nitrogens with zero attached hydrogens (tertiary/aromatic N) is 1. The molecular formula is C26H20N2. The fourth-order valence-corrected chi connectivity index (χ4v) is 4.00. The van der Waals surface area contributed by atoms with Crippen LogP contribution in [0.2, 0.25) is 0 Å². The van der Waals surface area contributed by atoms with Gasteiger partial charge >= 0.3 is 0 Å². The highest BCUT2D eigenvalue weighted by atomic mass is 15.1. The van der Waals surface area contributed by atoms with Crippen molar-refractivity contribution in [2.24, 2.45) is 4.99 Å². The van der Waals surface area contributed by atoms with Gasteiger partial charge in [0.2, 0.25) is 0 Å². The van der Waals surface area contributed by atoms with Crippen LogP contribution in [0.5, 0.6) is 0 Å². The molecule has 0 unspecified atom stereocenters. The van der Waals surface area contributed by atoms with E-state index in [-0.39, 0.29) is 0 Å². The van der Waals surface area contributed by atoms with Crippen molar-refractivity contribution < 1.29 is 0 Å². The Balaban J connectivity index is 1.84. The molecule has 0 atom stereocenters. The molecule has 1 aliphatic heterocycles. The molecule has 2 nitrogen and oxygen atoms in total. The summed E-state index contributed by atoms with van der Waals surface area (Å²) >= 11 is 0. The third-order valence-electron chi connectivity index (χ3n) is 5.27. The highest BCUT2D eigenvalue weighted by Crippen LogP contribution is 2.45. The number of aliphatic imine (C=N–C) groups is 1. The molecule has 5 rings (SSSR count). The van der Waals surface area contributed by atoms with Crippen LogP contribution in [0.25, 0.3) is 0 Å². The van der Waals surface area contributed by atoms with E-state index < -0.39 is 5.54 Å². The van der Waals surface area contributed by atoms with Crippen molar-refractivity contribution in [3.05, 3.63) is 132 Å². The van der Waals surface area contributed by atoms with Crippen LogP contribution >= 0.6 is 0 Å². The summed E-state index contributed by atoms with van der Waals surface area (Å²) in [5, 5.41) is 3.82. The van der Waals surface area contributed by atoms with Gasteiger partial charge in [0.05, 0.1) is 11.4 Å². The van der Waals surface area contributed by atoms with E-state index in [0.29, 0.717) is 0 Å². The molecule has 1 aliphatic rings. The van der Waals surface area contributed by atoms with Crippen molar-refractivity contribution in [3.63, 3.8) is 0 Å². The van der Waals surface area contributed by atoms with Crippen LogP contribution in [0.15, 0.2) is 120 Å². The lowest BCUT2D eigenvalue weighted by Gasteiger charge is -2.32. The molecule has 1 N–H and O–H groups in total. The maximum atomic E-state index is 5.16. The molecule has 4 aromatic rings. The zero-order valence-electron chi connectivity index (χ0n) is 15.4. The number of benzene rings is 4. The van der Waals surface area contributed by atoms with Gasteiger partial charge in [-0.1, -0.05) is 97.1 Å². The third-order valence-corrected chi connectivity index (χ3v) is 5.27. The topological polar surface area (TPSA) is 24.4 Å². The Hall–Kier alpha value is -3.65. The molecule has 0 aliphatic carbocycles. The van der Waals surface area contributed by atoms with E-state index in [2.05, 4.69) is 102 Å². The SMILES string of the molecule is c1ccc(/N=C2\c3ccccc3NC2(c2ccccc2)c2ccccc2)cc1. The summed E-state index contributed by atoms with van der Waals surface area (Å²) in [6, 6.07) is 39.8. The standard InChI is InChI=1S/C26H20N2/c1-4-12-20(13-5-1)26(21-14-6-2-7-15-21)25(27-22-16-8-3-9-17-22)23-18-10-11-19-24(23)28-26/h1-19,28H/b27-25+. The average molecular weight is 360 g/mol. The number of hydrogen-bond donors (Lipinski definition) is 1. The van der Waals surface area contributed by atoms with Gasteiger partial charge in [0, 0.05) is 11.3 Å². The zero-order valence-corrected chi connectivity index (χ0v) is 15.4. The lowest BCUT2D eigenvalue weighted by molar-refractivity contribution is 0.812. The number of rotatable bonds is 3. The quantitative estimate of drug-likeness (QED) is 0.464. The highest BCUT2D eigenvalue weighted by Gasteiger charge is 2.46. The Labute approximate surface area is 165 Å². The maximum absolute atomic E-state index is 5.16. The van der Waals surface area contributed by atoms with E-state index in [1.807, 2.05) is 18.2 Å². The molecule has 0 saturated carbocycles. The lowest BCUT2D eigenvalue weighted by Crippen LogP contribution is -2.40. The van der Waals surface area contributed by atoms with E-state index in [1.54, 1.807) is 0 Å². The van der Waals surface area contributed by atoms with Crippen LogP contribution in [-0.4, -0.2) is 5.71 Å². The van der Waals surface area contributed by atoms with Crippen LogP contribution < -0.4 is 5.32 Å². The fraction of sp³-hybridized carbons (Fsp3) is 0.0385. The summed E-state index contributed by atoms with van der Waals surface area (Å²) in [7, 11) is 0. The van der Waals surface area contributed by atoms with Crippen molar-refractivity contribution in [3.8, 4) is 0 Å². The molecule has 2 heteroatoms. The normalized spacial score (nSPS) is 15.8. The molecule has 0 amide bonds. The summed E-state index contributed by atoms with van der Waals surface area (Å²) in [5.41, 5.74) is 6.02. The van der Waals surface area contributed by atoms with Crippen molar-refractivity contribution in [2.45, 2.75) is 5.54 Å². The predicted molar refractivity (Wildman–Crippen MR) is 116 cm³/mol. The molecule has 4 aromatic carbocycles. The molecule has 0 spiro atoms. The largest absolute Gasteiger partial charge is 0.366 e. The number of para-hydroxylation sites is 2. The van der Waals surface area contributed by atoms with Crippen LogP contribution in [-0.2, 0) is 5.54 Å². The van der Waals surface area contributed by atoms with E-state index >= 15 is 0 Å². The van der Waals surface area contributed by atoms with Crippen molar-refractivity contribution in [1.82, 2.24) is 0 Å². The van der Waals surface area contributed by atoms with Crippen molar-refractivity contribution >= 4 is 17.1 Å². The van der Waals surface area contributed by atoms with Gasteiger partial charge in [0.15, 0.2) is 0 Å². The lowest BCUT2D eigenvalue weighted by atomic mass is 9.79. The molecule has 28 heavy (non-hydrogen) atoms. The van der Waals surface area contributed by atoms with Crippen LogP contribution in [0, 0.1) is 0 Å². The first kappa shape index (κ1) is 16.5. The molecular weight excluding hydrogens is 340 g/mol. The minimum Gasteiger partial charge on any atom is -0.366 e. The Morgan fingerprint density at radius 1 is 0.536 bits per heavy atom. The second kappa shape index (κ2) is 6.82. The number of hydrogen-bond acceptors (Lipinski definition) is 2. The summed E-state index contributed by atoms with van der Waals surface area (Å²) in [6.07, 6.45) is 0. The number of anilines is 1. The van der Waals surface area contributed by atoms with Gasteiger partial charge in [-0.2, -0.15) is 0 Å². The highest BCUT2D eigenvalue weighted by molar-refractivity contribution is 6.19. The Morgan fingerprint density at radius 2 is 1.04 bits per heavy atom. The predicted octanol–water partition coefficient (Wildman–Crippen LogP) is 6.18. The first-order chi connectivity index (χ1) is 13.9. The molecule has 0 bridgehead atoms. The molecule has 0 radical (unpaired) electrons. The monoisotopic (exact) mass is 360 g/mol. The molecule has 0 saturated heterocycles. The fourth-order valence-electron chi connectivity index (χ4n) is 4.00. The summed E-state index contributed by atoms with van der Waals surface area (Å²) < 4.78 is 0. The minimum atomic E-state index is -0.540. The van der Waals surface area contributed by atoms with Gasteiger partial charge in [0.25, 0.3) is 0 Å². The summed E-state index contributed by atoms with van der Waals surface area (Å²) in [6.45, 7) is 0. The molecule has 0 aromatic heterocycles. The van der Waals surface area contributed by atoms with Crippen LogP contribution in [0.3, 0.4) is 0 Å². The van der Waals surface area contributed by atoms with Gasteiger partial charge in [-0.25, -0.2) is 4.99 Å². The van der Waals surface area contributed by atoms with Crippen molar-refractivity contribution in [1.29, 1.82) is 0 Å². The van der Waals surface area contributed by atoms with E-state index in [1.165, 1.54) is 11.1 Å². The molecule has 0 fully saturated rings. The van der Waals surface area contributed by atoms with E-state index in [4.69, 9.17) is 4.99 Å². The molecule has 134 valence electrons. The van der Waals surface area contributed by atoms with Crippen LogP contribution in [0.4, 0.5) is 11.4 Å². The first-order valence-electron chi connectivity index (χ1n) is 9.51. The Kier molecular flexibility index (Phi) is 4.02. The Bertz CT molecular complexity index is 1080. The minimum absolute atomic E-state index is 0.540. The van der Waals surface area contributed by atoms with Gasteiger partial charge in [-0.05, 0) is 29.3 Å². The number of nitrogens with one attached hydrogen (secondary N) is 1. The van der Waals surface area contributed by atoms with E-state index in [9.17, 15) is 0 Å². The van der Waals surface area contributed by atoms with Crippen molar-refractivity contribution in [2.75, 3.05) is 5.32 Å². The van der Waals surface area contributed by atoms with Crippen LogP contribution in [0.1, 0.15) is 16.7 Å². The van der Waals surface area contributed by atoms with Gasteiger partial charge < -0.3 is 5.32 Å². The first-order valence-corrected chi connectivity index (χ1v) is 9.51. The second-order valence-electron chi connectivity index (χ2n) is 6.95. The molecule has 1 heterocycles. The number of fused-ring (bicyclic) bond motifs is 1. The van der Waals surface area contributed by atoms with Gasteiger partial charge in [-0.15, -0.1) is 0 Å². The summed E-state index contributed by atoms with van der Waals surface area (Å²) in [5.74, 6) is 0. The van der Waals surface area contributed by atoms with Gasteiger partial charge in [-0.3, -0.25) is 0 Å². The second-order valence-corrected chi connectivity index (χ2v) is 6.95. The maximum Gasteiger partial charge on any atom is 0.132 e. The smallest absolute Gasteiger partial charge is 0.132 e. The van der Waals surface area contributed by atoms with E-state index in [0.717, 1.165) is 22.6 Å². The summed E-state index contributed by atoms with van der Waals surface area (Å²) in [4.78, 5) is 5.16. The Morgan fingerprint density at radius 3 is 1.64 bits per heavy atom. The zero-order chi connectivity index (χ0) is 18.8. The third kappa shape index (κ3) is 2.62.